The topological polar surface area (TPSA) is 29.4 Å². The van der Waals surface area contributed by atoms with Crippen LogP contribution in [-0.2, 0) is 11.0 Å². The molecule has 0 radical (unpaired) electrons. The predicted octanol–water partition coefficient (Wildman–Crippen LogP) is 2.66. The maximum absolute atomic E-state index is 11.5. The summed E-state index contributed by atoms with van der Waals surface area (Å²) in [5.74, 6) is 0. The lowest BCUT2D eigenvalue weighted by Crippen LogP contribution is -1.86. The van der Waals surface area contributed by atoms with E-state index in [4.69, 9.17) is 0 Å². The Labute approximate surface area is 87.0 Å². The zero-order valence-electron chi connectivity index (χ0n) is 8.31. The summed E-state index contributed by atoms with van der Waals surface area (Å²) in [5, 5.41) is 0. The fourth-order valence-corrected chi connectivity index (χ4v) is 1.56. The molecule has 0 fully saturated rings. The van der Waals surface area contributed by atoms with Crippen molar-refractivity contribution >= 4 is 17.2 Å². The summed E-state index contributed by atoms with van der Waals surface area (Å²) in [6.45, 7) is 3.89. The molecule has 1 rings (SSSR count). The van der Waals surface area contributed by atoms with Crippen LogP contribution in [0.5, 0.6) is 0 Å². The standard InChI is InChI=1S/C11H13NOS/c1-3-4-9-12-14(13)11-7-5-10(2)6-8-11/h3-9H,1-2H3/b4-3+,12-9?. The van der Waals surface area contributed by atoms with Crippen molar-refractivity contribution in [3.05, 3.63) is 42.0 Å². The number of hydrogen-bond donors (Lipinski definition) is 0. The van der Waals surface area contributed by atoms with Gasteiger partial charge in [-0.15, -0.1) is 0 Å². The fraction of sp³-hybridized carbons (Fsp3) is 0.182. The maximum Gasteiger partial charge on any atom is 0.172 e. The van der Waals surface area contributed by atoms with Crippen LogP contribution in [0.1, 0.15) is 12.5 Å². The molecule has 0 spiro atoms. The highest BCUT2D eigenvalue weighted by molar-refractivity contribution is 7.83. The Hall–Kier alpha value is -1.22. The van der Waals surface area contributed by atoms with Crippen LogP contribution in [0.2, 0.25) is 0 Å². The number of rotatable bonds is 3. The molecule has 0 saturated carbocycles. The molecule has 0 saturated heterocycles. The van der Waals surface area contributed by atoms with E-state index in [2.05, 4.69) is 4.40 Å². The second-order valence-corrected chi connectivity index (χ2v) is 4.02. The normalized spacial score (nSPS) is 13.9. The first-order valence-corrected chi connectivity index (χ1v) is 5.48. The largest absolute Gasteiger partial charge is 0.229 e. The highest BCUT2D eigenvalue weighted by atomic mass is 32.2. The lowest BCUT2D eigenvalue weighted by atomic mass is 10.2. The van der Waals surface area contributed by atoms with E-state index < -0.39 is 11.0 Å². The van der Waals surface area contributed by atoms with Crippen LogP contribution >= 0.6 is 0 Å². The molecule has 1 unspecified atom stereocenters. The zero-order chi connectivity index (χ0) is 10.4. The smallest absolute Gasteiger partial charge is 0.172 e. The molecule has 0 heterocycles. The van der Waals surface area contributed by atoms with Crippen LogP contribution in [-0.4, -0.2) is 10.4 Å². The summed E-state index contributed by atoms with van der Waals surface area (Å²) in [4.78, 5) is 0.733. The van der Waals surface area contributed by atoms with Crippen molar-refractivity contribution in [3.8, 4) is 0 Å². The minimum absolute atomic E-state index is 0.733. The molecule has 3 heteroatoms. The third-order valence-corrected chi connectivity index (χ3v) is 2.65. The van der Waals surface area contributed by atoms with Crippen molar-refractivity contribution in [3.63, 3.8) is 0 Å². The molecule has 0 aromatic heterocycles. The van der Waals surface area contributed by atoms with E-state index in [1.807, 2.05) is 44.2 Å². The molecule has 0 bridgehead atoms. The summed E-state index contributed by atoms with van der Waals surface area (Å²) < 4.78 is 15.4. The fourth-order valence-electron chi connectivity index (χ4n) is 0.892. The van der Waals surface area contributed by atoms with Crippen LogP contribution in [0.15, 0.2) is 45.7 Å². The third-order valence-electron chi connectivity index (χ3n) is 1.66. The van der Waals surface area contributed by atoms with Gasteiger partial charge in [0.2, 0.25) is 0 Å². The Kier molecular flexibility index (Phi) is 4.26. The van der Waals surface area contributed by atoms with Crippen LogP contribution in [0, 0.1) is 6.92 Å². The molecule has 0 aliphatic rings. The first kappa shape index (κ1) is 10.9. The molecular weight excluding hydrogens is 194 g/mol. The van der Waals surface area contributed by atoms with Crippen LogP contribution in [0.3, 0.4) is 0 Å². The summed E-state index contributed by atoms with van der Waals surface area (Å²) in [6.07, 6.45) is 5.15. The van der Waals surface area contributed by atoms with E-state index in [0.717, 1.165) is 10.5 Å². The van der Waals surface area contributed by atoms with E-state index >= 15 is 0 Å². The Bertz CT molecular complexity index is 365. The molecule has 2 nitrogen and oxygen atoms in total. The Morgan fingerprint density at radius 1 is 1.29 bits per heavy atom. The van der Waals surface area contributed by atoms with Gasteiger partial charge in [-0.3, -0.25) is 0 Å². The van der Waals surface area contributed by atoms with Crippen molar-refractivity contribution in [2.75, 3.05) is 0 Å². The molecule has 1 aromatic carbocycles. The van der Waals surface area contributed by atoms with Crippen molar-refractivity contribution < 1.29 is 4.21 Å². The molecule has 1 aromatic rings. The van der Waals surface area contributed by atoms with Crippen LogP contribution < -0.4 is 0 Å². The van der Waals surface area contributed by atoms with Crippen molar-refractivity contribution in [1.29, 1.82) is 0 Å². The van der Waals surface area contributed by atoms with E-state index in [-0.39, 0.29) is 0 Å². The number of nitrogens with zero attached hydrogens (tertiary/aromatic N) is 1. The first-order valence-electron chi connectivity index (χ1n) is 4.38. The van der Waals surface area contributed by atoms with E-state index in [9.17, 15) is 4.21 Å². The summed E-state index contributed by atoms with van der Waals surface area (Å²) in [7, 11) is -1.27. The molecule has 0 aliphatic carbocycles. The van der Waals surface area contributed by atoms with Gasteiger partial charge in [-0.25, -0.2) is 4.21 Å². The molecule has 14 heavy (non-hydrogen) atoms. The third kappa shape index (κ3) is 3.26. The Balaban J connectivity index is 2.75. The van der Waals surface area contributed by atoms with Crippen molar-refractivity contribution in [2.45, 2.75) is 18.7 Å². The second kappa shape index (κ2) is 5.50. The molecule has 1 atom stereocenters. The summed E-state index contributed by atoms with van der Waals surface area (Å²) in [5.41, 5.74) is 1.16. The minimum atomic E-state index is -1.27. The molecule has 74 valence electrons. The summed E-state index contributed by atoms with van der Waals surface area (Å²) >= 11 is 0. The van der Waals surface area contributed by atoms with Gasteiger partial charge in [0, 0.05) is 6.21 Å². The lowest BCUT2D eigenvalue weighted by molar-refractivity contribution is 0.684. The number of aryl methyl sites for hydroxylation is 1. The zero-order valence-corrected chi connectivity index (χ0v) is 9.12. The van der Waals surface area contributed by atoms with Crippen molar-refractivity contribution in [1.82, 2.24) is 0 Å². The predicted molar refractivity (Wildman–Crippen MR) is 60.9 cm³/mol. The first-order chi connectivity index (χ1) is 6.74. The van der Waals surface area contributed by atoms with Crippen molar-refractivity contribution in [2.24, 2.45) is 4.40 Å². The van der Waals surface area contributed by atoms with Gasteiger partial charge in [0.15, 0.2) is 11.0 Å². The van der Waals surface area contributed by atoms with Gasteiger partial charge >= 0.3 is 0 Å². The molecular formula is C11H13NOS. The lowest BCUT2D eigenvalue weighted by Gasteiger charge is -1.95. The minimum Gasteiger partial charge on any atom is -0.229 e. The second-order valence-electron chi connectivity index (χ2n) is 2.84. The van der Waals surface area contributed by atoms with Crippen LogP contribution in [0.4, 0.5) is 0 Å². The summed E-state index contributed by atoms with van der Waals surface area (Å²) in [6, 6.07) is 7.52. The highest BCUT2D eigenvalue weighted by Gasteiger charge is 1.98. The van der Waals surface area contributed by atoms with Gasteiger partial charge in [0.25, 0.3) is 0 Å². The molecule has 0 N–H and O–H groups in total. The van der Waals surface area contributed by atoms with Gasteiger partial charge < -0.3 is 0 Å². The SMILES string of the molecule is C/C=C/C=NS(=O)c1ccc(C)cc1. The Morgan fingerprint density at radius 3 is 2.50 bits per heavy atom. The van der Waals surface area contributed by atoms with Crippen LogP contribution in [0.25, 0.3) is 0 Å². The van der Waals surface area contributed by atoms with Gasteiger partial charge in [-0.05, 0) is 32.1 Å². The maximum atomic E-state index is 11.5. The van der Waals surface area contributed by atoms with Gasteiger partial charge in [0.05, 0.1) is 4.90 Å². The molecule has 0 amide bonds. The van der Waals surface area contributed by atoms with E-state index in [1.165, 1.54) is 0 Å². The Morgan fingerprint density at radius 2 is 1.93 bits per heavy atom. The van der Waals surface area contributed by atoms with E-state index in [0.29, 0.717) is 0 Å². The number of allylic oxidation sites excluding steroid dienone is 2. The molecule has 0 aliphatic heterocycles. The number of hydrogen-bond acceptors (Lipinski definition) is 1. The monoisotopic (exact) mass is 207 g/mol. The quantitative estimate of drug-likeness (QED) is 0.701. The van der Waals surface area contributed by atoms with E-state index in [1.54, 1.807) is 12.3 Å². The van der Waals surface area contributed by atoms with Gasteiger partial charge in [-0.2, -0.15) is 4.40 Å². The number of benzene rings is 1. The average molecular weight is 207 g/mol. The highest BCUT2D eigenvalue weighted by Crippen LogP contribution is 2.08. The van der Waals surface area contributed by atoms with Gasteiger partial charge in [0.1, 0.15) is 0 Å². The average Bonchev–Trinajstić information content (AvgIpc) is 2.19. The van der Waals surface area contributed by atoms with Gasteiger partial charge in [-0.1, -0.05) is 23.8 Å².